The maximum Gasteiger partial charge on any atom is 0.143 e. The minimum absolute atomic E-state index is 0.913. The molecule has 0 saturated heterocycles. The second-order valence-corrected chi connectivity index (χ2v) is 14.1. The van der Waals surface area contributed by atoms with Gasteiger partial charge in [-0.15, -0.1) is 0 Å². The van der Waals surface area contributed by atoms with Crippen LogP contribution in [0.15, 0.2) is 205 Å². The molecule has 0 aliphatic rings. The van der Waals surface area contributed by atoms with Crippen molar-refractivity contribution in [1.82, 2.24) is 0 Å². The largest absolute Gasteiger partial charge is 0.455 e. The summed E-state index contributed by atoms with van der Waals surface area (Å²) in [7, 11) is 0. The second-order valence-electron chi connectivity index (χ2n) is 14.1. The van der Waals surface area contributed by atoms with Crippen molar-refractivity contribution >= 4 is 82.1 Å². The highest BCUT2D eigenvalue weighted by Gasteiger charge is 2.17. The molecule has 0 N–H and O–H groups in total. The maximum absolute atomic E-state index is 6.42. The molecule has 1 aromatic heterocycles. The van der Waals surface area contributed by atoms with Crippen molar-refractivity contribution in [3.05, 3.63) is 200 Å². The number of rotatable bonds is 5. The zero-order chi connectivity index (χ0) is 35.6. The van der Waals surface area contributed by atoms with Crippen LogP contribution >= 0.6 is 0 Å². The summed E-state index contributed by atoms with van der Waals surface area (Å²) >= 11 is 0. The molecule has 0 spiro atoms. The standard InChI is InChI=1S/C52H33NO/c1-2-10-37-31-38(18-17-34(37)9-1)35-19-24-41(25-20-35)53(43-28-30-45-40(32-43)23-29-49-48-15-7-8-16-51(48)54-52(45)49)42-26-21-36(22-27-42)50-33-39-11-3-4-12-44(39)46-13-5-6-14-47(46)50/h1-33H. The summed E-state index contributed by atoms with van der Waals surface area (Å²) in [5, 5.41) is 12.1. The van der Waals surface area contributed by atoms with E-state index in [0.29, 0.717) is 0 Å². The van der Waals surface area contributed by atoms with Crippen molar-refractivity contribution in [3.8, 4) is 22.3 Å². The minimum Gasteiger partial charge on any atom is -0.455 e. The van der Waals surface area contributed by atoms with E-state index >= 15 is 0 Å². The third kappa shape index (κ3) is 4.96. The fourth-order valence-electron chi connectivity index (χ4n) is 8.34. The van der Waals surface area contributed by atoms with Crippen LogP contribution in [0.25, 0.3) is 87.3 Å². The molecular weight excluding hydrogens is 655 g/mol. The highest BCUT2D eigenvalue weighted by molar-refractivity contribution is 6.16. The molecule has 1 heterocycles. The molecule has 0 amide bonds. The number of anilines is 3. The van der Waals surface area contributed by atoms with Crippen LogP contribution in [0.2, 0.25) is 0 Å². The van der Waals surface area contributed by atoms with Gasteiger partial charge in [0.1, 0.15) is 11.2 Å². The third-order valence-electron chi connectivity index (χ3n) is 11.0. The Morgan fingerprint density at radius 3 is 1.65 bits per heavy atom. The van der Waals surface area contributed by atoms with E-state index in [2.05, 4.69) is 193 Å². The van der Waals surface area contributed by atoms with E-state index in [-0.39, 0.29) is 0 Å². The lowest BCUT2D eigenvalue weighted by Gasteiger charge is -2.26. The van der Waals surface area contributed by atoms with Gasteiger partial charge in [0.15, 0.2) is 0 Å². The van der Waals surface area contributed by atoms with Crippen molar-refractivity contribution in [2.75, 3.05) is 4.90 Å². The highest BCUT2D eigenvalue weighted by Crippen LogP contribution is 2.42. The molecule has 0 aliphatic carbocycles. The predicted octanol–water partition coefficient (Wildman–Crippen LogP) is 15.0. The van der Waals surface area contributed by atoms with Crippen LogP contribution in [0.3, 0.4) is 0 Å². The van der Waals surface area contributed by atoms with Crippen molar-refractivity contribution < 1.29 is 4.42 Å². The summed E-state index contributed by atoms with van der Waals surface area (Å²) < 4.78 is 6.42. The molecule has 0 radical (unpaired) electrons. The fraction of sp³-hybridized carbons (Fsp3) is 0. The predicted molar refractivity (Wildman–Crippen MR) is 229 cm³/mol. The molecule has 0 fully saturated rings. The van der Waals surface area contributed by atoms with Crippen molar-refractivity contribution in [3.63, 3.8) is 0 Å². The highest BCUT2D eigenvalue weighted by atomic mass is 16.3. The van der Waals surface area contributed by atoms with E-state index in [1.54, 1.807) is 0 Å². The van der Waals surface area contributed by atoms with Crippen LogP contribution < -0.4 is 4.90 Å². The summed E-state index contributed by atoms with van der Waals surface area (Å²) in [6.45, 7) is 0. The number of hydrogen-bond acceptors (Lipinski definition) is 2. The first kappa shape index (κ1) is 30.5. The van der Waals surface area contributed by atoms with Gasteiger partial charge in [0.2, 0.25) is 0 Å². The second kappa shape index (κ2) is 12.2. The van der Waals surface area contributed by atoms with Crippen LogP contribution in [-0.4, -0.2) is 0 Å². The molecule has 54 heavy (non-hydrogen) atoms. The van der Waals surface area contributed by atoms with Crippen LogP contribution in [0, 0.1) is 0 Å². The number of hydrogen-bond donors (Lipinski definition) is 0. The number of furan rings is 1. The Balaban J connectivity index is 1.04. The van der Waals surface area contributed by atoms with Gasteiger partial charge < -0.3 is 9.32 Å². The van der Waals surface area contributed by atoms with Crippen LogP contribution in [0.4, 0.5) is 17.1 Å². The lowest BCUT2D eigenvalue weighted by atomic mass is 9.93. The van der Waals surface area contributed by atoms with Gasteiger partial charge in [-0.05, 0) is 127 Å². The average Bonchev–Trinajstić information content (AvgIpc) is 3.63. The van der Waals surface area contributed by atoms with Gasteiger partial charge in [-0.1, -0.05) is 133 Å². The topological polar surface area (TPSA) is 16.4 Å². The number of fused-ring (bicyclic) bond motifs is 9. The Bertz CT molecular complexity index is 3210. The molecule has 10 aromatic carbocycles. The Hall–Kier alpha value is -7.16. The Labute approximate surface area is 312 Å². The fourth-order valence-corrected chi connectivity index (χ4v) is 8.34. The summed E-state index contributed by atoms with van der Waals surface area (Å²) in [5.74, 6) is 0. The zero-order valence-corrected chi connectivity index (χ0v) is 29.4. The first-order valence-corrected chi connectivity index (χ1v) is 18.5. The summed E-state index contributed by atoms with van der Waals surface area (Å²) in [6, 6.07) is 72.4. The maximum atomic E-state index is 6.42. The molecule has 0 atom stereocenters. The van der Waals surface area contributed by atoms with E-state index in [4.69, 9.17) is 4.42 Å². The number of para-hydroxylation sites is 1. The lowest BCUT2D eigenvalue weighted by molar-refractivity contribution is 0.672. The Morgan fingerprint density at radius 1 is 0.296 bits per heavy atom. The van der Waals surface area contributed by atoms with Gasteiger partial charge in [0.05, 0.1) is 0 Å². The molecule has 0 bridgehead atoms. The molecule has 0 aliphatic heterocycles. The van der Waals surface area contributed by atoms with E-state index in [9.17, 15) is 0 Å². The number of benzene rings is 10. The average molecular weight is 688 g/mol. The molecule has 252 valence electrons. The van der Waals surface area contributed by atoms with Crippen LogP contribution in [0.1, 0.15) is 0 Å². The first-order chi connectivity index (χ1) is 26.7. The zero-order valence-electron chi connectivity index (χ0n) is 29.4. The quantitative estimate of drug-likeness (QED) is 0.168. The molecule has 2 heteroatoms. The van der Waals surface area contributed by atoms with Gasteiger partial charge in [0, 0.05) is 33.2 Å². The molecule has 2 nitrogen and oxygen atoms in total. The van der Waals surface area contributed by atoms with E-state index in [1.807, 2.05) is 12.1 Å². The summed E-state index contributed by atoms with van der Waals surface area (Å²) in [4.78, 5) is 2.36. The molecule has 0 unspecified atom stereocenters. The van der Waals surface area contributed by atoms with Crippen LogP contribution in [0.5, 0.6) is 0 Å². The Morgan fingerprint density at radius 2 is 0.852 bits per heavy atom. The normalized spacial score (nSPS) is 11.7. The van der Waals surface area contributed by atoms with Crippen molar-refractivity contribution in [1.29, 1.82) is 0 Å². The van der Waals surface area contributed by atoms with Gasteiger partial charge >= 0.3 is 0 Å². The lowest BCUT2D eigenvalue weighted by Crippen LogP contribution is -2.09. The van der Waals surface area contributed by atoms with Crippen molar-refractivity contribution in [2.45, 2.75) is 0 Å². The molecule has 11 aromatic rings. The summed E-state index contributed by atoms with van der Waals surface area (Å²) in [5.41, 5.74) is 9.93. The van der Waals surface area contributed by atoms with E-state index in [0.717, 1.165) is 49.8 Å². The van der Waals surface area contributed by atoms with Crippen molar-refractivity contribution in [2.24, 2.45) is 0 Å². The number of nitrogens with zero attached hydrogens (tertiary/aromatic N) is 1. The smallest absolute Gasteiger partial charge is 0.143 e. The molecule has 11 rings (SSSR count). The van der Waals surface area contributed by atoms with E-state index < -0.39 is 0 Å². The first-order valence-electron chi connectivity index (χ1n) is 18.5. The molecule has 0 saturated carbocycles. The van der Waals surface area contributed by atoms with Gasteiger partial charge in [-0.3, -0.25) is 0 Å². The van der Waals surface area contributed by atoms with Gasteiger partial charge in [-0.2, -0.15) is 0 Å². The Kier molecular flexibility index (Phi) is 6.90. The van der Waals surface area contributed by atoms with Gasteiger partial charge in [-0.25, -0.2) is 0 Å². The SMILES string of the molecule is c1ccc2cc(-c3ccc(N(c4ccc(-c5cc6ccccc6c6ccccc56)cc4)c4ccc5c(ccc6c7ccccc7oc56)c4)cc3)ccc2c1. The van der Waals surface area contributed by atoms with Crippen LogP contribution in [-0.2, 0) is 0 Å². The van der Waals surface area contributed by atoms with E-state index in [1.165, 1.54) is 54.6 Å². The monoisotopic (exact) mass is 687 g/mol. The molecular formula is C52H33NO. The minimum atomic E-state index is 0.913. The summed E-state index contributed by atoms with van der Waals surface area (Å²) in [6.07, 6.45) is 0. The van der Waals surface area contributed by atoms with Gasteiger partial charge in [0.25, 0.3) is 0 Å². The third-order valence-corrected chi connectivity index (χ3v) is 11.0.